The third-order valence-corrected chi connectivity index (χ3v) is 3.78. The van der Waals surface area contributed by atoms with Crippen molar-refractivity contribution in [2.45, 2.75) is 12.3 Å². The first-order valence-electron chi connectivity index (χ1n) is 5.87. The molecule has 1 aliphatic rings. The minimum Gasteiger partial charge on any atom is -0.368 e. The summed E-state index contributed by atoms with van der Waals surface area (Å²) in [5.41, 5.74) is 2.87. The zero-order valence-corrected chi connectivity index (χ0v) is 11.2. The van der Waals surface area contributed by atoms with Gasteiger partial charge in [0.15, 0.2) is 0 Å². The zero-order valence-electron chi connectivity index (χ0n) is 9.66. The normalized spacial score (nSPS) is 16.9. The van der Waals surface area contributed by atoms with E-state index in [9.17, 15) is 0 Å². The Bertz CT molecular complexity index is 584. The van der Waals surface area contributed by atoms with Crippen LogP contribution in [0.4, 0.5) is 5.82 Å². The van der Waals surface area contributed by atoms with Gasteiger partial charge in [-0.2, -0.15) is 0 Å². The monoisotopic (exact) mass is 278 g/mol. The first-order valence-corrected chi connectivity index (χ1v) is 6.62. The molecule has 0 bridgehead atoms. The van der Waals surface area contributed by atoms with E-state index in [1.54, 1.807) is 12.3 Å². The van der Waals surface area contributed by atoms with E-state index in [0.717, 1.165) is 13.0 Å². The van der Waals surface area contributed by atoms with Gasteiger partial charge in [0.1, 0.15) is 5.82 Å². The fourth-order valence-electron chi connectivity index (χ4n) is 2.31. The molecule has 0 aliphatic heterocycles. The molecule has 1 aliphatic carbocycles. The molecular formula is C14H12Cl2N2. The van der Waals surface area contributed by atoms with E-state index < -0.39 is 0 Å². The van der Waals surface area contributed by atoms with Crippen molar-refractivity contribution in [3.63, 3.8) is 0 Å². The van der Waals surface area contributed by atoms with Crippen LogP contribution in [0.15, 0.2) is 36.5 Å². The van der Waals surface area contributed by atoms with Crippen molar-refractivity contribution in [1.82, 2.24) is 4.98 Å². The number of hydrogen-bond donors (Lipinski definition) is 1. The average molecular weight is 279 g/mol. The molecule has 4 heteroatoms. The second-order valence-corrected chi connectivity index (χ2v) is 5.31. The van der Waals surface area contributed by atoms with E-state index in [-0.39, 0.29) is 0 Å². The molecule has 1 aromatic heterocycles. The van der Waals surface area contributed by atoms with E-state index in [4.69, 9.17) is 23.2 Å². The van der Waals surface area contributed by atoms with Crippen molar-refractivity contribution < 1.29 is 0 Å². The molecule has 2 nitrogen and oxygen atoms in total. The maximum Gasteiger partial charge on any atom is 0.144 e. The number of nitrogens with one attached hydrogen (secondary N) is 1. The zero-order chi connectivity index (χ0) is 12.5. The second-order valence-electron chi connectivity index (χ2n) is 4.46. The third-order valence-electron chi connectivity index (χ3n) is 3.28. The van der Waals surface area contributed by atoms with Gasteiger partial charge in [0.05, 0.1) is 10.0 Å². The van der Waals surface area contributed by atoms with Crippen LogP contribution in [0.1, 0.15) is 17.0 Å². The standard InChI is InChI=1S/C14H12Cl2N2/c15-11-6-13(16)14(18-8-11)17-7-10-5-9-3-1-2-4-12(9)10/h1-4,6,8,10H,5,7H2,(H,17,18). The lowest BCUT2D eigenvalue weighted by molar-refractivity contribution is 0.634. The molecule has 1 atom stereocenters. The lowest BCUT2D eigenvalue weighted by Crippen LogP contribution is -2.24. The molecule has 0 saturated carbocycles. The molecular weight excluding hydrogens is 267 g/mol. The molecule has 1 unspecified atom stereocenters. The van der Waals surface area contributed by atoms with Gasteiger partial charge in [0, 0.05) is 18.7 Å². The minimum absolute atomic E-state index is 0.551. The predicted octanol–water partition coefficient (Wildman–Crippen LogP) is 4.14. The smallest absolute Gasteiger partial charge is 0.144 e. The molecule has 0 fully saturated rings. The maximum absolute atomic E-state index is 6.06. The Morgan fingerprint density at radius 3 is 2.89 bits per heavy atom. The van der Waals surface area contributed by atoms with Crippen LogP contribution in [0.3, 0.4) is 0 Å². The van der Waals surface area contributed by atoms with E-state index in [0.29, 0.717) is 21.8 Å². The van der Waals surface area contributed by atoms with E-state index >= 15 is 0 Å². The van der Waals surface area contributed by atoms with Gasteiger partial charge in [-0.3, -0.25) is 0 Å². The Morgan fingerprint density at radius 2 is 2.11 bits per heavy atom. The van der Waals surface area contributed by atoms with Crippen molar-refractivity contribution in [2.75, 3.05) is 11.9 Å². The fourth-order valence-corrected chi connectivity index (χ4v) is 2.76. The highest BCUT2D eigenvalue weighted by molar-refractivity contribution is 6.35. The van der Waals surface area contributed by atoms with Crippen LogP contribution in [-0.2, 0) is 6.42 Å². The van der Waals surface area contributed by atoms with Crippen LogP contribution in [0, 0.1) is 0 Å². The summed E-state index contributed by atoms with van der Waals surface area (Å²) in [6.45, 7) is 0.853. The largest absolute Gasteiger partial charge is 0.368 e. The highest BCUT2D eigenvalue weighted by Gasteiger charge is 2.25. The van der Waals surface area contributed by atoms with Gasteiger partial charge in [-0.05, 0) is 23.6 Å². The molecule has 2 aromatic rings. The SMILES string of the molecule is Clc1cnc(NCC2Cc3ccccc32)c(Cl)c1. The second kappa shape index (κ2) is 4.79. The van der Waals surface area contributed by atoms with Crippen LogP contribution in [0.2, 0.25) is 10.0 Å². The van der Waals surface area contributed by atoms with E-state index in [2.05, 4.69) is 34.6 Å². The van der Waals surface area contributed by atoms with Crippen LogP contribution in [0.5, 0.6) is 0 Å². The number of nitrogens with zero attached hydrogens (tertiary/aromatic N) is 1. The molecule has 0 radical (unpaired) electrons. The van der Waals surface area contributed by atoms with Crippen LogP contribution < -0.4 is 5.32 Å². The van der Waals surface area contributed by atoms with Gasteiger partial charge in [-0.1, -0.05) is 47.5 Å². The van der Waals surface area contributed by atoms with E-state index in [1.165, 1.54) is 11.1 Å². The molecule has 1 aromatic carbocycles. The van der Waals surface area contributed by atoms with Crippen molar-refractivity contribution in [2.24, 2.45) is 0 Å². The van der Waals surface area contributed by atoms with Gasteiger partial charge in [-0.25, -0.2) is 4.98 Å². The number of fused-ring (bicyclic) bond motifs is 1. The molecule has 18 heavy (non-hydrogen) atoms. The molecule has 3 rings (SSSR count). The summed E-state index contributed by atoms with van der Waals surface area (Å²) < 4.78 is 0. The number of rotatable bonds is 3. The predicted molar refractivity (Wildman–Crippen MR) is 75.6 cm³/mol. The fraction of sp³-hybridized carbons (Fsp3) is 0.214. The number of halogens is 2. The van der Waals surface area contributed by atoms with Crippen molar-refractivity contribution in [3.05, 3.63) is 57.7 Å². The Balaban J connectivity index is 1.66. The topological polar surface area (TPSA) is 24.9 Å². The first-order chi connectivity index (χ1) is 8.74. The molecule has 0 saturated heterocycles. The molecule has 0 amide bonds. The number of hydrogen-bond acceptors (Lipinski definition) is 2. The highest BCUT2D eigenvalue weighted by Crippen LogP contribution is 2.35. The first kappa shape index (κ1) is 11.8. The molecule has 0 spiro atoms. The molecule has 1 heterocycles. The quantitative estimate of drug-likeness (QED) is 0.913. The van der Waals surface area contributed by atoms with Crippen molar-refractivity contribution in [3.8, 4) is 0 Å². The van der Waals surface area contributed by atoms with Gasteiger partial charge >= 0.3 is 0 Å². The average Bonchev–Trinajstić information content (AvgIpc) is 2.33. The van der Waals surface area contributed by atoms with Gasteiger partial charge in [-0.15, -0.1) is 0 Å². The summed E-state index contributed by atoms with van der Waals surface area (Å²) in [5, 5.41) is 4.40. The van der Waals surface area contributed by atoms with Gasteiger partial charge < -0.3 is 5.32 Å². The maximum atomic E-state index is 6.06. The van der Waals surface area contributed by atoms with Crippen molar-refractivity contribution in [1.29, 1.82) is 0 Å². The number of pyridine rings is 1. The Hall–Kier alpha value is -1.25. The third kappa shape index (κ3) is 2.18. The number of anilines is 1. The Morgan fingerprint density at radius 1 is 1.28 bits per heavy atom. The number of aromatic nitrogens is 1. The Labute approximate surface area is 116 Å². The van der Waals surface area contributed by atoms with Crippen molar-refractivity contribution >= 4 is 29.0 Å². The Kier molecular flexibility index (Phi) is 3.14. The van der Waals surface area contributed by atoms with Gasteiger partial charge in [0.2, 0.25) is 0 Å². The van der Waals surface area contributed by atoms with Crippen LogP contribution in [0.25, 0.3) is 0 Å². The lowest BCUT2D eigenvalue weighted by atomic mass is 9.77. The summed E-state index contributed by atoms with van der Waals surface area (Å²) in [6, 6.07) is 10.2. The lowest BCUT2D eigenvalue weighted by Gasteiger charge is -2.30. The van der Waals surface area contributed by atoms with E-state index in [1.807, 2.05) is 0 Å². The highest BCUT2D eigenvalue weighted by atomic mass is 35.5. The van der Waals surface area contributed by atoms with Crippen LogP contribution in [-0.4, -0.2) is 11.5 Å². The molecule has 1 N–H and O–H groups in total. The summed E-state index contributed by atoms with van der Waals surface area (Å²) in [6.07, 6.45) is 2.72. The summed E-state index contributed by atoms with van der Waals surface area (Å²) >= 11 is 11.9. The summed E-state index contributed by atoms with van der Waals surface area (Å²) in [4.78, 5) is 4.19. The number of benzene rings is 1. The summed E-state index contributed by atoms with van der Waals surface area (Å²) in [5.74, 6) is 1.25. The van der Waals surface area contributed by atoms with Gasteiger partial charge in [0.25, 0.3) is 0 Å². The minimum atomic E-state index is 0.551. The molecule has 92 valence electrons. The van der Waals surface area contributed by atoms with Crippen LogP contribution >= 0.6 is 23.2 Å². The summed E-state index contributed by atoms with van der Waals surface area (Å²) in [7, 11) is 0.